The van der Waals surface area contributed by atoms with Crippen molar-refractivity contribution < 1.29 is 27.4 Å². The summed E-state index contributed by atoms with van der Waals surface area (Å²) >= 11 is 0. The molecule has 0 aliphatic heterocycles. The van der Waals surface area contributed by atoms with Gasteiger partial charge in [0.15, 0.2) is 5.82 Å². The van der Waals surface area contributed by atoms with E-state index < -0.39 is 23.7 Å². The highest BCUT2D eigenvalue weighted by Gasteiger charge is 2.34. The molecule has 1 N–H and O–H groups in total. The Kier molecular flexibility index (Phi) is 5.55. The molecule has 0 bridgehead atoms. The second-order valence-corrected chi connectivity index (χ2v) is 5.04. The summed E-state index contributed by atoms with van der Waals surface area (Å²) in [6.07, 6.45) is -3.69. The van der Waals surface area contributed by atoms with Crippen LogP contribution in [0.15, 0.2) is 36.7 Å². The van der Waals surface area contributed by atoms with Gasteiger partial charge in [-0.25, -0.2) is 14.4 Å². The van der Waals surface area contributed by atoms with Crippen molar-refractivity contribution in [1.82, 2.24) is 9.97 Å². The SMILES string of the molecule is CN(CC(O)COc1ccccc1C(F)(F)F)c1ncc(F)cn1. The lowest BCUT2D eigenvalue weighted by Gasteiger charge is -2.21. The summed E-state index contributed by atoms with van der Waals surface area (Å²) in [6, 6.07) is 4.75. The van der Waals surface area contributed by atoms with Gasteiger partial charge in [-0.3, -0.25) is 0 Å². The summed E-state index contributed by atoms with van der Waals surface area (Å²) in [7, 11) is 1.56. The first-order valence-corrected chi connectivity index (χ1v) is 6.93. The Morgan fingerprint density at radius 1 is 1.21 bits per heavy atom. The quantitative estimate of drug-likeness (QED) is 0.816. The number of rotatable bonds is 6. The lowest BCUT2D eigenvalue weighted by molar-refractivity contribution is -0.139. The molecule has 24 heavy (non-hydrogen) atoms. The van der Waals surface area contributed by atoms with E-state index in [1.807, 2.05) is 0 Å². The van der Waals surface area contributed by atoms with E-state index in [1.54, 1.807) is 7.05 Å². The van der Waals surface area contributed by atoms with Crippen LogP contribution in [0.3, 0.4) is 0 Å². The number of anilines is 1. The lowest BCUT2D eigenvalue weighted by Crippen LogP contribution is -2.34. The molecule has 0 aliphatic carbocycles. The van der Waals surface area contributed by atoms with Gasteiger partial charge in [-0.05, 0) is 12.1 Å². The lowest BCUT2D eigenvalue weighted by atomic mass is 10.2. The summed E-state index contributed by atoms with van der Waals surface area (Å²) in [5.74, 6) is -0.782. The molecular weight excluding hydrogens is 330 g/mol. The third-order valence-electron chi connectivity index (χ3n) is 3.06. The second-order valence-electron chi connectivity index (χ2n) is 5.04. The maximum absolute atomic E-state index is 12.8. The van der Waals surface area contributed by atoms with Gasteiger partial charge in [-0.1, -0.05) is 12.1 Å². The molecule has 0 amide bonds. The molecule has 1 aromatic heterocycles. The van der Waals surface area contributed by atoms with Crippen molar-refractivity contribution in [2.75, 3.05) is 25.1 Å². The Morgan fingerprint density at radius 3 is 2.46 bits per heavy atom. The van der Waals surface area contributed by atoms with Crippen molar-refractivity contribution in [2.45, 2.75) is 12.3 Å². The van der Waals surface area contributed by atoms with Crippen LogP contribution < -0.4 is 9.64 Å². The molecule has 0 spiro atoms. The highest BCUT2D eigenvalue weighted by molar-refractivity contribution is 5.35. The average molecular weight is 345 g/mol. The number of ether oxygens (including phenoxy) is 1. The Hall–Kier alpha value is -2.42. The number of likely N-dealkylation sites (N-methyl/N-ethyl adjacent to an activating group) is 1. The molecule has 1 atom stereocenters. The molecule has 0 saturated carbocycles. The maximum atomic E-state index is 12.8. The van der Waals surface area contributed by atoms with E-state index in [9.17, 15) is 22.7 Å². The molecular formula is C15H15F4N3O2. The molecule has 2 aromatic rings. The van der Waals surface area contributed by atoms with Crippen LogP contribution in [0, 0.1) is 5.82 Å². The fraction of sp³-hybridized carbons (Fsp3) is 0.333. The van der Waals surface area contributed by atoms with E-state index >= 15 is 0 Å². The number of halogens is 4. The molecule has 1 heterocycles. The Bertz CT molecular complexity index is 665. The highest BCUT2D eigenvalue weighted by Crippen LogP contribution is 2.35. The summed E-state index contributed by atoms with van der Waals surface area (Å²) < 4.78 is 56.4. The van der Waals surface area contributed by atoms with Crippen LogP contribution in [-0.2, 0) is 6.18 Å². The van der Waals surface area contributed by atoms with Gasteiger partial charge in [0.2, 0.25) is 5.95 Å². The van der Waals surface area contributed by atoms with E-state index in [4.69, 9.17) is 4.74 Å². The topological polar surface area (TPSA) is 58.5 Å². The Labute approximate surface area is 135 Å². The fourth-order valence-electron chi connectivity index (χ4n) is 1.97. The molecule has 0 radical (unpaired) electrons. The van der Waals surface area contributed by atoms with Crippen molar-refractivity contribution in [2.24, 2.45) is 0 Å². The van der Waals surface area contributed by atoms with Gasteiger partial charge >= 0.3 is 6.18 Å². The van der Waals surface area contributed by atoms with E-state index in [2.05, 4.69) is 9.97 Å². The Morgan fingerprint density at radius 2 is 1.83 bits per heavy atom. The van der Waals surface area contributed by atoms with Gasteiger partial charge < -0.3 is 14.7 Å². The molecule has 0 saturated heterocycles. The van der Waals surface area contributed by atoms with Crippen molar-refractivity contribution in [1.29, 1.82) is 0 Å². The van der Waals surface area contributed by atoms with Crippen LogP contribution in [0.1, 0.15) is 5.56 Å². The summed E-state index contributed by atoms with van der Waals surface area (Å²) in [5.41, 5.74) is -0.910. The second kappa shape index (κ2) is 7.43. The van der Waals surface area contributed by atoms with Crippen LogP contribution >= 0.6 is 0 Å². The number of aliphatic hydroxyl groups excluding tert-OH is 1. The monoisotopic (exact) mass is 345 g/mol. The standard InChI is InChI=1S/C15H15F4N3O2/c1-22(14-20-6-10(16)7-21-14)8-11(23)9-24-13-5-3-2-4-12(13)15(17,18)19/h2-7,11,23H,8-9H2,1H3. The average Bonchev–Trinajstić information content (AvgIpc) is 2.53. The van der Waals surface area contributed by atoms with Crippen molar-refractivity contribution >= 4 is 5.95 Å². The van der Waals surface area contributed by atoms with E-state index in [1.165, 1.54) is 23.1 Å². The zero-order valence-corrected chi connectivity index (χ0v) is 12.7. The van der Waals surface area contributed by atoms with Crippen LogP contribution in [0.2, 0.25) is 0 Å². The normalized spacial score (nSPS) is 12.8. The van der Waals surface area contributed by atoms with Crippen LogP contribution in [-0.4, -0.2) is 41.4 Å². The third-order valence-corrected chi connectivity index (χ3v) is 3.06. The summed E-state index contributed by atoms with van der Waals surface area (Å²) in [4.78, 5) is 8.90. The van der Waals surface area contributed by atoms with Gasteiger partial charge in [-0.2, -0.15) is 13.2 Å². The van der Waals surface area contributed by atoms with Gasteiger partial charge in [0.1, 0.15) is 18.5 Å². The largest absolute Gasteiger partial charge is 0.490 e. The van der Waals surface area contributed by atoms with Gasteiger partial charge in [0, 0.05) is 13.6 Å². The Balaban J connectivity index is 1.94. The van der Waals surface area contributed by atoms with Gasteiger partial charge in [0.25, 0.3) is 0 Å². The molecule has 5 nitrogen and oxygen atoms in total. The number of nitrogens with zero attached hydrogens (tertiary/aromatic N) is 3. The van der Waals surface area contributed by atoms with Crippen LogP contribution in [0.4, 0.5) is 23.5 Å². The molecule has 1 unspecified atom stereocenters. The molecule has 0 fully saturated rings. The van der Waals surface area contributed by atoms with Gasteiger partial charge in [-0.15, -0.1) is 0 Å². The molecule has 1 aromatic carbocycles. The van der Waals surface area contributed by atoms with Crippen molar-refractivity contribution in [3.05, 3.63) is 48.0 Å². The molecule has 0 aliphatic rings. The number of aromatic nitrogens is 2. The first-order valence-electron chi connectivity index (χ1n) is 6.93. The number of hydrogen-bond acceptors (Lipinski definition) is 5. The van der Waals surface area contributed by atoms with Crippen molar-refractivity contribution in [3.63, 3.8) is 0 Å². The van der Waals surface area contributed by atoms with Crippen molar-refractivity contribution in [3.8, 4) is 5.75 Å². The third kappa shape index (κ3) is 4.79. The number of para-hydroxylation sites is 1. The minimum absolute atomic E-state index is 0.000181. The first kappa shape index (κ1) is 17.9. The first-order chi connectivity index (χ1) is 11.3. The predicted octanol–water partition coefficient (Wildman–Crippen LogP) is 2.51. The smallest absolute Gasteiger partial charge is 0.419 e. The zero-order valence-electron chi connectivity index (χ0n) is 12.7. The minimum Gasteiger partial charge on any atom is -0.490 e. The maximum Gasteiger partial charge on any atom is 0.419 e. The van der Waals surface area contributed by atoms with E-state index in [0.29, 0.717) is 0 Å². The van der Waals surface area contributed by atoms with Crippen LogP contribution in [0.25, 0.3) is 0 Å². The highest BCUT2D eigenvalue weighted by atomic mass is 19.4. The predicted molar refractivity (Wildman–Crippen MR) is 78.2 cm³/mol. The number of aliphatic hydroxyl groups is 1. The molecule has 9 heteroatoms. The van der Waals surface area contributed by atoms with E-state index in [0.717, 1.165) is 18.5 Å². The van der Waals surface area contributed by atoms with Gasteiger partial charge in [0.05, 0.1) is 18.0 Å². The number of hydrogen-bond donors (Lipinski definition) is 1. The number of benzene rings is 1. The summed E-state index contributed by atoms with van der Waals surface area (Å²) in [6.45, 7) is -0.349. The fourth-order valence-corrected chi connectivity index (χ4v) is 1.97. The molecule has 130 valence electrons. The summed E-state index contributed by atoms with van der Waals surface area (Å²) in [5, 5.41) is 9.91. The molecule has 2 rings (SSSR count). The van der Waals surface area contributed by atoms with E-state index in [-0.39, 0.29) is 24.8 Å². The number of alkyl halides is 3. The van der Waals surface area contributed by atoms with Crippen LogP contribution in [0.5, 0.6) is 5.75 Å². The zero-order chi connectivity index (χ0) is 17.7. The minimum atomic E-state index is -4.54.